The summed E-state index contributed by atoms with van der Waals surface area (Å²) in [4.78, 5) is 12.7. The molecule has 0 spiro atoms. The highest BCUT2D eigenvalue weighted by Crippen LogP contribution is 2.21. The molecule has 0 saturated heterocycles. The third kappa shape index (κ3) is 3.79. The van der Waals surface area contributed by atoms with E-state index < -0.39 is 0 Å². The van der Waals surface area contributed by atoms with Crippen molar-refractivity contribution in [2.24, 2.45) is 0 Å². The van der Waals surface area contributed by atoms with Crippen LogP contribution in [0.2, 0.25) is 0 Å². The van der Waals surface area contributed by atoms with Gasteiger partial charge in [0.05, 0.1) is 0 Å². The lowest BCUT2D eigenvalue weighted by Crippen LogP contribution is -2.03. The average molecular weight is 276 g/mol. The minimum absolute atomic E-state index is 0.0527. The zero-order valence-electron chi connectivity index (χ0n) is 12.8. The largest absolute Gasteiger partial charge is 0.289 e. The maximum absolute atomic E-state index is 12.7. The Morgan fingerprint density at radius 1 is 0.810 bits per heavy atom. The minimum atomic E-state index is 0.0527. The van der Waals surface area contributed by atoms with Crippen molar-refractivity contribution >= 4 is 11.4 Å². The molecule has 0 aromatic heterocycles. The van der Waals surface area contributed by atoms with Crippen molar-refractivity contribution in [3.8, 4) is 0 Å². The van der Waals surface area contributed by atoms with Crippen LogP contribution in [0.4, 0.5) is 0 Å². The summed E-state index contributed by atoms with van der Waals surface area (Å²) in [6.07, 6.45) is 5.71. The highest BCUT2D eigenvalue weighted by Gasteiger charge is 2.13. The number of Topliss-reactive ketones (excluding diaryl/α,β-unsaturated/α-hetero) is 1. The Kier molecular flexibility index (Phi) is 4.89. The van der Waals surface area contributed by atoms with Crippen LogP contribution in [0.25, 0.3) is 5.57 Å². The van der Waals surface area contributed by atoms with E-state index in [0.717, 1.165) is 22.3 Å². The first-order valence-corrected chi connectivity index (χ1v) is 7.13. The fourth-order valence-electron chi connectivity index (χ4n) is 2.09. The van der Waals surface area contributed by atoms with Gasteiger partial charge in [0.25, 0.3) is 0 Å². The van der Waals surface area contributed by atoms with Gasteiger partial charge in [-0.1, -0.05) is 77.9 Å². The second-order valence-corrected chi connectivity index (χ2v) is 5.17. The fraction of sp³-hybridized carbons (Fsp3) is 0.150. The number of aryl methyl sites for hydroxylation is 2. The topological polar surface area (TPSA) is 17.1 Å². The van der Waals surface area contributed by atoms with Gasteiger partial charge in [0.2, 0.25) is 0 Å². The second-order valence-electron chi connectivity index (χ2n) is 5.17. The monoisotopic (exact) mass is 276 g/mol. The van der Waals surface area contributed by atoms with E-state index in [9.17, 15) is 4.79 Å². The van der Waals surface area contributed by atoms with Crippen LogP contribution < -0.4 is 0 Å². The van der Waals surface area contributed by atoms with Gasteiger partial charge in [0.1, 0.15) is 0 Å². The van der Waals surface area contributed by atoms with E-state index in [1.165, 1.54) is 5.56 Å². The molecule has 0 aliphatic carbocycles. The van der Waals surface area contributed by atoms with Crippen molar-refractivity contribution in [3.05, 3.63) is 89.0 Å². The van der Waals surface area contributed by atoms with Gasteiger partial charge in [-0.2, -0.15) is 0 Å². The number of allylic oxidation sites excluding steroid dienone is 4. The Morgan fingerprint density at radius 2 is 1.29 bits per heavy atom. The lowest BCUT2D eigenvalue weighted by molar-refractivity contribution is 0.105. The molecule has 21 heavy (non-hydrogen) atoms. The van der Waals surface area contributed by atoms with Crippen LogP contribution in [0, 0.1) is 13.8 Å². The predicted molar refractivity (Wildman–Crippen MR) is 89.5 cm³/mol. The van der Waals surface area contributed by atoms with Crippen molar-refractivity contribution in [3.63, 3.8) is 0 Å². The lowest BCUT2D eigenvalue weighted by Gasteiger charge is -2.08. The summed E-state index contributed by atoms with van der Waals surface area (Å²) in [6.45, 7) is 6.01. The summed E-state index contributed by atoms with van der Waals surface area (Å²) in [7, 11) is 0. The number of benzene rings is 2. The first-order chi connectivity index (χ1) is 10.1. The van der Waals surface area contributed by atoms with E-state index in [1.54, 1.807) is 0 Å². The van der Waals surface area contributed by atoms with Gasteiger partial charge in [-0.3, -0.25) is 4.79 Å². The summed E-state index contributed by atoms with van der Waals surface area (Å²) >= 11 is 0. The van der Waals surface area contributed by atoms with Crippen molar-refractivity contribution in [2.45, 2.75) is 20.8 Å². The molecule has 2 rings (SSSR count). The van der Waals surface area contributed by atoms with Crippen LogP contribution in [0.5, 0.6) is 0 Å². The quantitative estimate of drug-likeness (QED) is 0.429. The fourth-order valence-corrected chi connectivity index (χ4v) is 2.09. The SMILES string of the molecule is C/C=C/C=C(\C(=O)c1ccc(C)cc1)c1ccc(C)cc1. The molecule has 0 fully saturated rings. The van der Waals surface area contributed by atoms with Crippen molar-refractivity contribution < 1.29 is 4.79 Å². The molecule has 0 radical (unpaired) electrons. The van der Waals surface area contributed by atoms with Crippen LogP contribution in [0.1, 0.15) is 34.0 Å². The van der Waals surface area contributed by atoms with Crippen LogP contribution in [-0.4, -0.2) is 5.78 Å². The summed E-state index contributed by atoms with van der Waals surface area (Å²) in [5.41, 5.74) is 4.73. The molecule has 0 unspecified atom stereocenters. The number of hydrogen-bond acceptors (Lipinski definition) is 1. The summed E-state index contributed by atoms with van der Waals surface area (Å²) in [6, 6.07) is 15.8. The third-order valence-corrected chi connectivity index (χ3v) is 3.38. The lowest BCUT2D eigenvalue weighted by atomic mass is 9.95. The number of rotatable bonds is 4. The Balaban J connectivity index is 2.43. The molecule has 0 N–H and O–H groups in total. The number of hydrogen-bond donors (Lipinski definition) is 0. The third-order valence-electron chi connectivity index (χ3n) is 3.38. The predicted octanol–water partition coefficient (Wildman–Crippen LogP) is 5.15. The zero-order chi connectivity index (χ0) is 15.2. The molecule has 1 nitrogen and oxygen atoms in total. The molecular weight excluding hydrogens is 256 g/mol. The van der Waals surface area contributed by atoms with E-state index in [1.807, 2.05) is 87.5 Å². The molecule has 0 amide bonds. The van der Waals surface area contributed by atoms with Crippen LogP contribution >= 0.6 is 0 Å². The van der Waals surface area contributed by atoms with E-state index in [-0.39, 0.29) is 5.78 Å². The van der Waals surface area contributed by atoms with Gasteiger partial charge in [0.15, 0.2) is 5.78 Å². The van der Waals surface area contributed by atoms with E-state index in [4.69, 9.17) is 0 Å². The van der Waals surface area contributed by atoms with Gasteiger partial charge in [-0.05, 0) is 26.3 Å². The van der Waals surface area contributed by atoms with Crippen molar-refractivity contribution in [1.82, 2.24) is 0 Å². The summed E-state index contributed by atoms with van der Waals surface area (Å²) in [5, 5.41) is 0. The number of carbonyl (C=O) groups excluding carboxylic acids is 1. The number of ketones is 1. The molecule has 0 saturated carbocycles. The van der Waals surface area contributed by atoms with E-state index in [0.29, 0.717) is 0 Å². The van der Waals surface area contributed by atoms with Crippen LogP contribution in [0.15, 0.2) is 66.8 Å². The highest BCUT2D eigenvalue weighted by molar-refractivity contribution is 6.29. The molecule has 0 aliphatic rings. The van der Waals surface area contributed by atoms with Crippen LogP contribution in [0.3, 0.4) is 0 Å². The Morgan fingerprint density at radius 3 is 1.76 bits per heavy atom. The number of carbonyl (C=O) groups is 1. The molecule has 0 aliphatic heterocycles. The van der Waals surface area contributed by atoms with E-state index >= 15 is 0 Å². The molecule has 1 heteroatoms. The molecular formula is C20H20O. The van der Waals surface area contributed by atoms with Gasteiger partial charge in [0, 0.05) is 11.1 Å². The zero-order valence-corrected chi connectivity index (χ0v) is 12.8. The van der Waals surface area contributed by atoms with Crippen molar-refractivity contribution in [2.75, 3.05) is 0 Å². The van der Waals surface area contributed by atoms with Crippen molar-refractivity contribution in [1.29, 1.82) is 0 Å². The first kappa shape index (κ1) is 15.0. The smallest absolute Gasteiger partial charge is 0.193 e. The summed E-state index contributed by atoms with van der Waals surface area (Å²) in [5.74, 6) is 0.0527. The maximum Gasteiger partial charge on any atom is 0.193 e. The maximum atomic E-state index is 12.7. The van der Waals surface area contributed by atoms with Gasteiger partial charge < -0.3 is 0 Å². The van der Waals surface area contributed by atoms with E-state index in [2.05, 4.69) is 0 Å². The van der Waals surface area contributed by atoms with Gasteiger partial charge in [-0.15, -0.1) is 0 Å². The Bertz CT molecular complexity index is 671. The molecule has 106 valence electrons. The second kappa shape index (κ2) is 6.85. The molecule has 0 bridgehead atoms. The molecule has 2 aromatic carbocycles. The standard InChI is InChI=1S/C20H20O/c1-4-5-6-19(17-11-7-15(2)8-12-17)20(21)18-13-9-16(3)10-14-18/h4-14H,1-3H3/b5-4+,19-6-. The Hall–Kier alpha value is -2.41. The van der Waals surface area contributed by atoms with Crippen LogP contribution in [-0.2, 0) is 0 Å². The highest BCUT2D eigenvalue weighted by atomic mass is 16.1. The summed E-state index contributed by atoms with van der Waals surface area (Å²) < 4.78 is 0. The molecule has 0 atom stereocenters. The average Bonchev–Trinajstić information content (AvgIpc) is 2.50. The first-order valence-electron chi connectivity index (χ1n) is 7.13. The minimum Gasteiger partial charge on any atom is -0.289 e. The Labute approximate surface area is 126 Å². The van der Waals surface area contributed by atoms with Gasteiger partial charge in [-0.25, -0.2) is 0 Å². The molecule has 0 heterocycles. The normalized spacial score (nSPS) is 11.9. The van der Waals surface area contributed by atoms with Gasteiger partial charge >= 0.3 is 0 Å². The molecule has 2 aromatic rings.